The highest BCUT2D eigenvalue weighted by atomic mass is 35.5. The first-order chi connectivity index (χ1) is 18.6. The lowest BCUT2D eigenvalue weighted by molar-refractivity contribution is -0.137. The van der Waals surface area contributed by atoms with Crippen molar-refractivity contribution in [3.63, 3.8) is 0 Å². The highest BCUT2D eigenvalue weighted by Gasteiger charge is 2.43. The van der Waals surface area contributed by atoms with Gasteiger partial charge in [-0.15, -0.1) is 11.3 Å². The summed E-state index contributed by atoms with van der Waals surface area (Å²) in [5.74, 6) is -0.723. The first kappa shape index (κ1) is 27.9. The number of halogens is 4. The minimum absolute atomic E-state index is 0.0608. The van der Waals surface area contributed by atoms with Crippen molar-refractivity contribution in [1.82, 2.24) is 10.6 Å². The number of hydrogen-bond donors (Lipinski definition) is 3. The van der Waals surface area contributed by atoms with Gasteiger partial charge in [-0.3, -0.25) is 14.4 Å². The third kappa shape index (κ3) is 6.92. The molecule has 1 saturated heterocycles. The Morgan fingerprint density at radius 1 is 1.13 bits per heavy atom. The molecular formula is C26H28ClF3N4O4S. The van der Waals surface area contributed by atoms with Gasteiger partial charge in [-0.25, -0.2) is 0 Å². The van der Waals surface area contributed by atoms with Crippen molar-refractivity contribution in [3.05, 3.63) is 45.1 Å². The lowest BCUT2D eigenvalue weighted by Crippen LogP contribution is -2.53. The minimum Gasteiger partial charge on any atom is -0.370 e. The topological polar surface area (TPSA) is 99.8 Å². The van der Waals surface area contributed by atoms with Crippen LogP contribution in [-0.2, 0) is 20.5 Å². The zero-order valence-corrected chi connectivity index (χ0v) is 22.4. The second-order valence-electron chi connectivity index (χ2n) is 10.0. The Bertz CT molecular complexity index is 1240. The SMILES string of the molecule is O=C(NC[C@@H](NC(C1CC1)C1CC1)C(=O)Nc1ccc(N2CCOCC2=O)cc1C(F)(F)F)c1ccc(Cl)s1. The predicted octanol–water partition coefficient (Wildman–Crippen LogP) is 4.30. The molecule has 3 fully saturated rings. The van der Waals surface area contributed by atoms with Crippen LogP contribution in [0, 0.1) is 11.8 Å². The van der Waals surface area contributed by atoms with Gasteiger partial charge in [-0.1, -0.05) is 11.6 Å². The lowest BCUT2D eigenvalue weighted by atomic mass is 10.0. The summed E-state index contributed by atoms with van der Waals surface area (Å²) < 4.78 is 47.7. The van der Waals surface area contributed by atoms with Gasteiger partial charge in [0, 0.05) is 24.8 Å². The molecule has 0 spiro atoms. The number of anilines is 2. The molecule has 2 heterocycles. The second kappa shape index (κ2) is 11.4. The zero-order valence-electron chi connectivity index (χ0n) is 20.9. The van der Waals surface area contributed by atoms with Crippen LogP contribution in [0.25, 0.3) is 0 Å². The van der Waals surface area contributed by atoms with Crippen molar-refractivity contribution in [1.29, 1.82) is 0 Å². The smallest absolute Gasteiger partial charge is 0.370 e. The van der Waals surface area contributed by atoms with Gasteiger partial charge in [0.2, 0.25) is 5.91 Å². The average Bonchev–Trinajstić information content (AvgIpc) is 3.83. The largest absolute Gasteiger partial charge is 0.418 e. The molecule has 13 heteroatoms. The van der Waals surface area contributed by atoms with Crippen LogP contribution in [0.2, 0.25) is 4.34 Å². The summed E-state index contributed by atoms with van der Waals surface area (Å²) in [5, 5.41) is 8.49. The fraction of sp³-hybridized carbons (Fsp3) is 0.500. The van der Waals surface area contributed by atoms with Gasteiger partial charge in [-0.05, 0) is 67.9 Å². The molecule has 2 aliphatic carbocycles. The van der Waals surface area contributed by atoms with Crippen molar-refractivity contribution in [2.75, 3.05) is 36.5 Å². The number of morpholine rings is 1. The number of nitrogens with one attached hydrogen (secondary N) is 3. The van der Waals surface area contributed by atoms with E-state index in [2.05, 4.69) is 16.0 Å². The molecule has 210 valence electrons. The maximum absolute atomic E-state index is 14.1. The molecule has 1 aliphatic heterocycles. The van der Waals surface area contributed by atoms with Crippen LogP contribution in [0.1, 0.15) is 40.9 Å². The number of carbonyl (C=O) groups is 3. The number of nitrogens with zero attached hydrogens (tertiary/aromatic N) is 1. The normalized spacial score (nSPS) is 18.8. The van der Waals surface area contributed by atoms with E-state index in [1.54, 1.807) is 12.1 Å². The molecule has 5 rings (SSSR count). The molecule has 0 bridgehead atoms. The Morgan fingerprint density at radius 3 is 2.44 bits per heavy atom. The second-order valence-corrected chi connectivity index (χ2v) is 11.8. The first-order valence-corrected chi connectivity index (χ1v) is 14.0. The summed E-state index contributed by atoms with van der Waals surface area (Å²) in [6.45, 7) is 0.0236. The van der Waals surface area contributed by atoms with Crippen molar-refractivity contribution in [3.8, 4) is 0 Å². The maximum Gasteiger partial charge on any atom is 0.418 e. The van der Waals surface area contributed by atoms with E-state index in [4.69, 9.17) is 16.3 Å². The summed E-state index contributed by atoms with van der Waals surface area (Å²) in [7, 11) is 0. The number of alkyl halides is 3. The van der Waals surface area contributed by atoms with Crippen LogP contribution >= 0.6 is 22.9 Å². The van der Waals surface area contributed by atoms with E-state index in [1.165, 1.54) is 11.0 Å². The molecule has 8 nitrogen and oxygen atoms in total. The number of hydrogen-bond acceptors (Lipinski definition) is 6. The van der Waals surface area contributed by atoms with Crippen LogP contribution in [0.3, 0.4) is 0 Å². The van der Waals surface area contributed by atoms with E-state index in [0.29, 0.717) is 21.0 Å². The number of thiophene rings is 1. The predicted molar refractivity (Wildman–Crippen MR) is 141 cm³/mol. The Labute approximate surface area is 232 Å². The molecule has 3 amide bonds. The van der Waals surface area contributed by atoms with E-state index in [0.717, 1.165) is 49.2 Å². The van der Waals surface area contributed by atoms with Crippen LogP contribution in [0.15, 0.2) is 30.3 Å². The van der Waals surface area contributed by atoms with Gasteiger partial charge in [0.25, 0.3) is 11.8 Å². The van der Waals surface area contributed by atoms with Crippen LogP contribution in [-0.4, -0.2) is 56.1 Å². The van der Waals surface area contributed by atoms with Crippen LogP contribution in [0.5, 0.6) is 0 Å². The molecule has 39 heavy (non-hydrogen) atoms. The van der Waals surface area contributed by atoms with Crippen molar-refractivity contribution in [2.24, 2.45) is 11.8 Å². The molecule has 3 aliphatic rings. The highest BCUT2D eigenvalue weighted by molar-refractivity contribution is 7.18. The van der Waals surface area contributed by atoms with Crippen molar-refractivity contribution >= 4 is 52.0 Å². The minimum atomic E-state index is -4.78. The summed E-state index contributed by atoms with van der Waals surface area (Å²) in [4.78, 5) is 39.8. The number of amides is 3. The van der Waals surface area contributed by atoms with Crippen molar-refractivity contribution < 1.29 is 32.3 Å². The van der Waals surface area contributed by atoms with Crippen LogP contribution < -0.4 is 20.9 Å². The molecule has 2 saturated carbocycles. The summed E-state index contributed by atoms with van der Waals surface area (Å²) in [6.07, 6.45) is -0.663. The maximum atomic E-state index is 14.1. The van der Waals surface area contributed by atoms with Gasteiger partial charge in [0.1, 0.15) is 12.6 Å². The standard InChI is InChI=1S/C26H28ClF3N4O4S/c27-21-8-7-20(39-21)25(37)31-12-19(32-23(14-1-2-14)15-3-4-15)24(36)33-18-6-5-16(11-17(18)26(28,29)30)34-9-10-38-13-22(34)35/h5-8,11,14-15,19,23,32H,1-4,9-10,12-13H2,(H,31,37)(H,33,36)/t19-/m1/s1. The van der Waals surface area contributed by atoms with Gasteiger partial charge in [0.05, 0.1) is 27.1 Å². The molecular weight excluding hydrogens is 557 g/mol. The third-order valence-corrected chi connectivity index (χ3v) is 8.33. The highest BCUT2D eigenvalue weighted by Crippen LogP contribution is 2.45. The number of rotatable bonds is 10. The Balaban J connectivity index is 1.35. The van der Waals surface area contributed by atoms with Crippen molar-refractivity contribution in [2.45, 2.75) is 43.9 Å². The number of ether oxygens (including phenoxy) is 1. The average molecular weight is 585 g/mol. The number of benzene rings is 1. The molecule has 1 aromatic carbocycles. The van der Waals surface area contributed by atoms with E-state index >= 15 is 0 Å². The summed E-state index contributed by atoms with van der Waals surface area (Å²) in [5.41, 5.74) is -1.41. The Kier molecular flexibility index (Phi) is 8.18. The van der Waals surface area contributed by atoms with E-state index in [-0.39, 0.29) is 38.0 Å². The lowest BCUT2D eigenvalue weighted by Gasteiger charge is -2.28. The quantitative estimate of drug-likeness (QED) is 0.387. The summed E-state index contributed by atoms with van der Waals surface area (Å²) in [6, 6.07) is 5.64. The Hall–Kier alpha value is -2.67. The molecule has 0 unspecified atom stereocenters. The molecule has 0 radical (unpaired) electrons. The summed E-state index contributed by atoms with van der Waals surface area (Å²) >= 11 is 7.01. The fourth-order valence-corrected chi connectivity index (χ4v) is 5.76. The third-order valence-electron chi connectivity index (χ3n) is 7.10. The van der Waals surface area contributed by atoms with Gasteiger partial charge in [-0.2, -0.15) is 13.2 Å². The molecule has 3 N–H and O–H groups in total. The molecule has 2 aromatic rings. The monoisotopic (exact) mass is 584 g/mol. The fourth-order valence-electron chi connectivity index (χ4n) is 4.80. The van der Waals surface area contributed by atoms with E-state index < -0.39 is 41.2 Å². The van der Waals surface area contributed by atoms with Crippen LogP contribution in [0.4, 0.5) is 24.5 Å². The van der Waals surface area contributed by atoms with E-state index in [1.807, 2.05) is 0 Å². The Morgan fingerprint density at radius 2 is 1.85 bits per heavy atom. The van der Waals surface area contributed by atoms with E-state index in [9.17, 15) is 27.6 Å². The van der Waals surface area contributed by atoms with Gasteiger partial charge < -0.3 is 25.6 Å². The first-order valence-electron chi connectivity index (χ1n) is 12.8. The number of carbonyl (C=O) groups excluding carboxylic acids is 3. The molecule has 1 atom stereocenters. The van der Waals surface area contributed by atoms with Gasteiger partial charge >= 0.3 is 6.18 Å². The molecule has 1 aromatic heterocycles. The van der Waals surface area contributed by atoms with Gasteiger partial charge in [0.15, 0.2) is 0 Å². The zero-order chi connectivity index (χ0) is 27.7.